The third-order valence-corrected chi connectivity index (χ3v) is 5.66. The molecule has 4 N–H and O–H groups in total. The molecule has 0 aliphatic rings. The number of nitrogens with one attached hydrogen (secondary N) is 1. The van der Waals surface area contributed by atoms with E-state index in [2.05, 4.69) is 15.4 Å². The van der Waals surface area contributed by atoms with Gasteiger partial charge in [0.25, 0.3) is 0 Å². The molecule has 8 heteroatoms. The van der Waals surface area contributed by atoms with Gasteiger partial charge in [-0.25, -0.2) is 0 Å². The number of oxime groups is 1. The Morgan fingerprint density at radius 3 is 2.48 bits per heavy atom. The van der Waals surface area contributed by atoms with Crippen molar-refractivity contribution in [3.63, 3.8) is 0 Å². The van der Waals surface area contributed by atoms with Crippen molar-refractivity contribution in [1.29, 1.82) is 0 Å². The van der Waals surface area contributed by atoms with Crippen LogP contribution in [0.4, 0.5) is 13.2 Å². The fourth-order valence-electron chi connectivity index (χ4n) is 4.13. The minimum Gasteiger partial charge on any atom is -0.409 e. The third-order valence-electron chi connectivity index (χ3n) is 5.66. The highest BCUT2D eigenvalue weighted by atomic mass is 19.4. The number of aromatic nitrogens is 2. The van der Waals surface area contributed by atoms with E-state index in [-0.39, 0.29) is 5.56 Å². The Hall–Kier alpha value is -4.33. The van der Waals surface area contributed by atoms with E-state index in [4.69, 9.17) is 5.73 Å². The molecule has 4 aromatic carbocycles. The smallest absolute Gasteiger partial charge is 0.409 e. The van der Waals surface area contributed by atoms with Crippen LogP contribution >= 0.6 is 0 Å². The minimum absolute atomic E-state index is 0.00836. The lowest BCUT2D eigenvalue weighted by Crippen LogP contribution is -2.17. The van der Waals surface area contributed by atoms with Crippen molar-refractivity contribution in [2.24, 2.45) is 10.9 Å². The second-order valence-corrected chi connectivity index (χ2v) is 7.63. The Bertz CT molecular complexity index is 1530. The van der Waals surface area contributed by atoms with Crippen molar-refractivity contribution in [2.75, 3.05) is 0 Å². The van der Waals surface area contributed by atoms with Gasteiger partial charge in [-0.05, 0) is 51.7 Å². The lowest BCUT2D eigenvalue weighted by Gasteiger charge is -2.20. The molecule has 0 spiro atoms. The van der Waals surface area contributed by atoms with Crippen LogP contribution in [0.3, 0.4) is 0 Å². The summed E-state index contributed by atoms with van der Waals surface area (Å²) < 4.78 is 41.6. The van der Waals surface area contributed by atoms with Crippen LogP contribution in [-0.2, 0) is 6.18 Å². The lowest BCUT2D eigenvalue weighted by atomic mass is 9.86. The van der Waals surface area contributed by atoms with Crippen molar-refractivity contribution in [2.45, 2.75) is 6.18 Å². The predicted octanol–water partition coefficient (Wildman–Crippen LogP) is 6.16. The highest BCUT2D eigenvalue weighted by Crippen LogP contribution is 2.43. The van der Waals surface area contributed by atoms with Crippen molar-refractivity contribution >= 4 is 27.5 Å². The number of aromatic amines is 1. The summed E-state index contributed by atoms with van der Waals surface area (Å²) in [6, 6.07) is 20.4. The molecule has 1 aromatic heterocycles. The van der Waals surface area contributed by atoms with E-state index in [9.17, 15) is 18.4 Å². The first kappa shape index (κ1) is 20.6. The summed E-state index contributed by atoms with van der Waals surface area (Å²) in [6.45, 7) is 0. The molecule has 0 bridgehead atoms. The molecule has 1 heterocycles. The lowest BCUT2D eigenvalue weighted by molar-refractivity contribution is -0.137. The van der Waals surface area contributed by atoms with Crippen LogP contribution in [0.5, 0.6) is 0 Å². The van der Waals surface area contributed by atoms with E-state index in [1.807, 2.05) is 42.5 Å². The maximum Gasteiger partial charge on any atom is 0.416 e. The van der Waals surface area contributed by atoms with Crippen LogP contribution < -0.4 is 5.73 Å². The fourth-order valence-corrected chi connectivity index (χ4v) is 4.13. The number of hydrogen-bond donors (Lipinski definition) is 3. The first-order chi connectivity index (χ1) is 15.9. The van der Waals surface area contributed by atoms with Gasteiger partial charge in [0.1, 0.15) is 0 Å². The average molecular weight is 446 g/mol. The quantitative estimate of drug-likeness (QED) is 0.134. The topological polar surface area (TPSA) is 87.3 Å². The number of benzene rings is 4. The zero-order valence-corrected chi connectivity index (χ0v) is 17.1. The van der Waals surface area contributed by atoms with E-state index >= 15 is 0 Å². The van der Waals surface area contributed by atoms with Crippen LogP contribution in [0.15, 0.2) is 84.1 Å². The Morgan fingerprint density at radius 2 is 1.70 bits per heavy atom. The molecule has 0 amide bonds. The van der Waals surface area contributed by atoms with Gasteiger partial charge in [-0.3, -0.25) is 5.10 Å². The zero-order valence-electron chi connectivity index (χ0n) is 17.1. The molecule has 0 unspecified atom stereocenters. The average Bonchev–Trinajstić information content (AvgIpc) is 3.30. The van der Waals surface area contributed by atoms with Gasteiger partial charge in [0.05, 0.1) is 17.3 Å². The highest BCUT2D eigenvalue weighted by Gasteiger charge is 2.33. The fraction of sp³-hybridized carbons (Fsp3) is 0.0400. The number of halogens is 3. The molecule has 0 atom stereocenters. The van der Waals surface area contributed by atoms with E-state index in [0.29, 0.717) is 22.3 Å². The third kappa shape index (κ3) is 3.55. The van der Waals surface area contributed by atoms with Crippen LogP contribution in [0.2, 0.25) is 0 Å². The number of nitrogens with zero attached hydrogens (tertiary/aromatic N) is 2. The molecule has 0 aliphatic heterocycles. The number of rotatable bonds is 3. The number of fused-ring (bicyclic) bond motifs is 2. The predicted molar refractivity (Wildman–Crippen MR) is 122 cm³/mol. The molecule has 0 fully saturated rings. The van der Waals surface area contributed by atoms with Gasteiger partial charge in [-0.15, -0.1) is 0 Å². The number of hydrogen-bond acceptors (Lipinski definition) is 3. The number of H-pyrrole nitrogens is 1. The molecule has 0 saturated carbocycles. The summed E-state index contributed by atoms with van der Waals surface area (Å²) in [6.07, 6.45) is -3.02. The number of alkyl halides is 3. The molecule has 0 aliphatic carbocycles. The van der Waals surface area contributed by atoms with Gasteiger partial charge < -0.3 is 10.9 Å². The number of nitrogens with two attached hydrogens (primary N) is 1. The van der Waals surface area contributed by atoms with Gasteiger partial charge in [0, 0.05) is 16.5 Å². The van der Waals surface area contributed by atoms with E-state index in [0.717, 1.165) is 33.8 Å². The first-order valence-corrected chi connectivity index (χ1v) is 10.0. The second kappa shape index (κ2) is 7.67. The number of amidine groups is 1. The largest absolute Gasteiger partial charge is 0.416 e. The molecular formula is C25H17F3N4O. The first-order valence-electron chi connectivity index (χ1n) is 10.0. The summed E-state index contributed by atoms with van der Waals surface area (Å²) in [7, 11) is 0. The Morgan fingerprint density at radius 1 is 0.909 bits per heavy atom. The Kier molecular flexibility index (Phi) is 4.78. The molecule has 33 heavy (non-hydrogen) atoms. The van der Waals surface area contributed by atoms with Gasteiger partial charge in [-0.1, -0.05) is 53.7 Å². The molecule has 5 rings (SSSR count). The zero-order chi connectivity index (χ0) is 23.2. The Balaban J connectivity index is 1.94. The Labute approximate surface area is 186 Å². The standard InChI is InChI=1S/C25H17F3N4O/c26-25(27,28)17-11-20(15-8-9-22-16(10-15)13-30-31-22)23(21(12-17)24(29)32-33)19-7-3-5-14-4-1-2-6-18(14)19/h1-13,33H,(H2,29,32)(H,30,31). The van der Waals surface area contributed by atoms with Crippen molar-refractivity contribution < 1.29 is 18.4 Å². The SMILES string of the molecule is N/C(=N/O)c1cc(C(F)(F)F)cc(-c2ccc3[nH]ncc3c2)c1-c1cccc2ccccc12. The van der Waals surface area contributed by atoms with Crippen molar-refractivity contribution in [1.82, 2.24) is 10.2 Å². The van der Waals surface area contributed by atoms with Gasteiger partial charge in [0.15, 0.2) is 5.84 Å². The summed E-state index contributed by atoms with van der Waals surface area (Å²) >= 11 is 0. The summed E-state index contributed by atoms with van der Waals surface area (Å²) in [5, 5.41) is 21.8. The minimum atomic E-state index is -4.63. The summed E-state index contributed by atoms with van der Waals surface area (Å²) in [5.74, 6) is -0.408. The maximum absolute atomic E-state index is 13.9. The van der Waals surface area contributed by atoms with Gasteiger partial charge in [-0.2, -0.15) is 18.3 Å². The second-order valence-electron chi connectivity index (χ2n) is 7.63. The summed E-state index contributed by atoms with van der Waals surface area (Å²) in [5.41, 5.74) is 7.76. The maximum atomic E-state index is 13.9. The van der Waals surface area contributed by atoms with Crippen LogP contribution in [0.25, 0.3) is 43.9 Å². The van der Waals surface area contributed by atoms with E-state index in [1.165, 1.54) is 0 Å². The van der Waals surface area contributed by atoms with Crippen LogP contribution in [0.1, 0.15) is 11.1 Å². The van der Waals surface area contributed by atoms with Crippen LogP contribution in [0, 0.1) is 0 Å². The highest BCUT2D eigenvalue weighted by molar-refractivity contribution is 6.11. The van der Waals surface area contributed by atoms with Crippen molar-refractivity contribution in [3.05, 3.63) is 90.1 Å². The molecular weight excluding hydrogens is 429 g/mol. The normalized spacial score (nSPS) is 12.5. The van der Waals surface area contributed by atoms with Gasteiger partial charge >= 0.3 is 6.18 Å². The van der Waals surface area contributed by atoms with E-state index < -0.39 is 17.6 Å². The molecule has 164 valence electrons. The van der Waals surface area contributed by atoms with Crippen molar-refractivity contribution in [3.8, 4) is 22.3 Å². The molecule has 0 saturated heterocycles. The van der Waals surface area contributed by atoms with E-state index in [1.54, 1.807) is 24.4 Å². The molecule has 5 aromatic rings. The summed E-state index contributed by atoms with van der Waals surface area (Å²) in [4.78, 5) is 0. The van der Waals surface area contributed by atoms with Crippen LogP contribution in [-0.4, -0.2) is 21.2 Å². The molecule has 5 nitrogen and oxygen atoms in total. The monoisotopic (exact) mass is 446 g/mol. The van der Waals surface area contributed by atoms with Gasteiger partial charge in [0.2, 0.25) is 0 Å². The molecule has 0 radical (unpaired) electrons.